The van der Waals surface area contributed by atoms with Crippen LogP contribution in [-0.2, 0) is 19.1 Å². The summed E-state index contributed by atoms with van der Waals surface area (Å²) in [4.78, 5) is 23.1. The van der Waals surface area contributed by atoms with Crippen molar-refractivity contribution < 1.29 is 19.1 Å². The van der Waals surface area contributed by atoms with Crippen LogP contribution in [0.25, 0.3) is 0 Å². The predicted molar refractivity (Wildman–Crippen MR) is 53.0 cm³/mol. The Morgan fingerprint density at radius 2 is 1.50 bits per heavy atom. The second-order valence-electron chi connectivity index (χ2n) is 3.18. The van der Waals surface area contributed by atoms with Gasteiger partial charge in [0.05, 0.1) is 14.2 Å². The lowest BCUT2D eigenvalue weighted by Crippen LogP contribution is -2.43. The van der Waals surface area contributed by atoms with Crippen molar-refractivity contribution >= 4 is 23.7 Å². The van der Waals surface area contributed by atoms with Crippen LogP contribution in [0.5, 0.6) is 0 Å². The zero-order chi connectivity index (χ0) is 10.6. The molecule has 0 atom stereocenters. The SMILES string of the molecule is COC(=O)C1(C(=O)OC)CCSCC1. The van der Waals surface area contributed by atoms with E-state index in [9.17, 15) is 9.59 Å². The quantitative estimate of drug-likeness (QED) is 0.508. The first-order valence-corrected chi connectivity index (χ1v) is 5.57. The molecule has 1 aliphatic heterocycles. The lowest BCUT2D eigenvalue weighted by atomic mass is 9.82. The van der Waals surface area contributed by atoms with Gasteiger partial charge < -0.3 is 9.47 Å². The number of ether oxygens (including phenoxy) is 2. The molecule has 0 bridgehead atoms. The third kappa shape index (κ3) is 1.87. The maximum atomic E-state index is 11.6. The van der Waals surface area contributed by atoms with Gasteiger partial charge in [-0.3, -0.25) is 9.59 Å². The fourth-order valence-electron chi connectivity index (χ4n) is 1.60. The molecule has 0 amide bonds. The molecule has 1 fully saturated rings. The molecule has 0 unspecified atom stereocenters. The molecule has 0 saturated carbocycles. The molecular formula is C9H14O4S. The van der Waals surface area contributed by atoms with Crippen LogP contribution < -0.4 is 0 Å². The van der Waals surface area contributed by atoms with E-state index in [2.05, 4.69) is 9.47 Å². The summed E-state index contributed by atoms with van der Waals surface area (Å²) in [7, 11) is 2.60. The van der Waals surface area contributed by atoms with Gasteiger partial charge in [0, 0.05) is 0 Å². The summed E-state index contributed by atoms with van der Waals surface area (Å²) in [6, 6.07) is 0. The molecule has 0 aromatic rings. The average Bonchev–Trinajstić information content (AvgIpc) is 2.27. The number of methoxy groups -OCH3 is 2. The second-order valence-corrected chi connectivity index (χ2v) is 4.40. The Morgan fingerprint density at radius 1 is 1.07 bits per heavy atom. The van der Waals surface area contributed by atoms with Gasteiger partial charge >= 0.3 is 11.9 Å². The fourth-order valence-corrected chi connectivity index (χ4v) is 2.79. The third-order valence-corrected chi connectivity index (χ3v) is 3.48. The van der Waals surface area contributed by atoms with Crippen LogP contribution in [-0.4, -0.2) is 37.7 Å². The number of esters is 2. The first-order chi connectivity index (χ1) is 6.67. The van der Waals surface area contributed by atoms with Gasteiger partial charge in [-0.05, 0) is 24.3 Å². The molecule has 1 rings (SSSR count). The first-order valence-electron chi connectivity index (χ1n) is 4.42. The van der Waals surface area contributed by atoms with Crippen molar-refractivity contribution in [1.82, 2.24) is 0 Å². The minimum atomic E-state index is -1.05. The summed E-state index contributed by atoms with van der Waals surface area (Å²) in [6.07, 6.45) is 1.02. The first kappa shape index (κ1) is 11.4. The number of carbonyl (C=O) groups is 2. The summed E-state index contributed by atoms with van der Waals surface area (Å²) in [6.45, 7) is 0. The molecular weight excluding hydrogens is 204 g/mol. The zero-order valence-corrected chi connectivity index (χ0v) is 9.19. The molecule has 4 nitrogen and oxygen atoms in total. The van der Waals surface area contributed by atoms with Crippen molar-refractivity contribution in [2.75, 3.05) is 25.7 Å². The van der Waals surface area contributed by atoms with Gasteiger partial charge in [-0.1, -0.05) is 0 Å². The second kappa shape index (κ2) is 4.68. The minimum Gasteiger partial charge on any atom is -0.468 e. The van der Waals surface area contributed by atoms with Gasteiger partial charge in [0.1, 0.15) is 0 Å². The van der Waals surface area contributed by atoms with Crippen LogP contribution >= 0.6 is 11.8 Å². The Bertz CT molecular complexity index is 215. The molecule has 14 heavy (non-hydrogen) atoms. The van der Waals surface area contributed by atoms with E-state index in [0.717, 1.165) is 11.5 Å². The minimum absolute atomic E-state index is 0.468. The number of hydrogen-bond donors (Lipinski definition) is 0. The molecule has 80 valence electrons. The maximum Gasteiger partial charge on any atom is 0.323 e. The molecule has 0 radical (unpaired) electrons. The third-order valence-electron chi connectivity index (χ3n) is 2.50. The number of rotatable bonds is 2. The molecule has 0 aromatic heterocycles. The molecule has 0 aliphatic carbocycles. The lowest BCUT2D eigenvalue weighted by Gasteiger charge is -2.30. The fraction of sp³-hybridized carbons (Fsp3) is 0.778. The summed E-state index contributed by atoms with van der Waals surface area (Å²) in [5.74, 6) is 0.656. The van der Waals surface area contributed by atoms with Crippen molar-refractivity contribution in [3.8, 4) is 0 Å². The Kier molecular flexibility index (Phi) is 3.80. The lowest BCUT2D eigenvalue weighted by molar-refractivity contribution is -0.169. The molecule has 5 heteroatoms. The number of carbonyl (C=O) groups excluding carboxylic acids is 2. The monoisotopic (exact) mass is 218 g/mol. The maximum absolute atomic E-state index is 11.6. The van der Waals surface area contributed by atoms with Gasteiger partial charge in [-0.25, -0.2) is 0 Å². The van der Waals surface area contributed by atoms with E-state index in [-0.39, 0.29) is 0 Å². The molecule has 0 aromatic carbocycles. The molecule has 0 N–H and O–H groups in total. The Hall–Kier alpha value is -0.710. The molecule has 0 spiro atoms. The van der Waals surface area contributed by atoms with Crippen LogP contribution in [0, 0.1) is 5.41 Å². The van der Waals surface area contributed by atoms with E-state index in [4.69, 9.17) is 0 Å². The average molecular weight is 218 g/mol. The van der Waals surface area contributed by atoms with Crippen LogP contribution in [0.15, 0.2) is 0 Å². The highest BCUT2D eigenvalue weighted by atomic mass is 32.2. The Labute approximate surface area is 87.3 Å². The van der Waals surface area contributed by atoms with E-state index in [0.29, 0.717) is 12.8 Å². The van der Waals surface area contributed by atoms with Crippen molar-refractivity contribution in [2.24, 2.45) is 5.41 Å². The largest absolute Gasteiger partial charge is 0.468 e. The number of hydrogen-bond acceptors (Lipinski definition) is 5. The van der Waals surface area contributed by atoms with E-state index >= 15 is 0 Å². The van der Waals surface area contributed by atoms with Crippen molar-refractivity contribution in [2.45, 2.75) is 12.8 Å². The summed E-state index contributed by atoms with van der Waals surface area (Å²) in [5.41, 5.74) is -1.05. The number of thioether (sulfide) groups is 1. The highest BCUT2D eigenvalue weighted by molar-refractivity contribution is 7.99. The highest BCUT2D eigenvalue weighted by Crippen LogP contribution is 2.37. The van der Waals surface area contributed by atoms with E-state index in [1.165, 1.54) is 14.2 Å². The topological polar surface area (TPSA) is 52.6 Å². The van der Waals surface area contributed by atoms with Crippen LogP contribution in [0.3, 0.4) is 0 Å². The summed E-state index contributed by atoms with van der Waals surface area (Å²) < 4.78 is 9.33. The van der Waals surface area contributed by atoms with Crippen molar-refractivity contribution in [1.29, 1.82) is 0 Å². The molecule has 1 saturated heterocycles. The van der Waals surface area contributed by atoms with Crippen LogP contribution in [0.2, 0.25) is 0 Å². The van der Waals surface area contributed by atoms with Gasteiger partial charge in [-0.2, -0.15) is 11.8 Å². The predicted octanol–water partition coefficient (Wildman–Crippen LogP) is 0.846. The molecule has 1 aliphatic rings. The van der Waals surface area contributed by atoms with Gasteiger partial charge in [0.25, 0.3) is 0 Å². The smallest absolute Gasteiger partial charge is 0.323 e. The van der Waals surface area contributed by atoms with Gasteiger partial charge in [0.15, 0.2) is 5.41 Å². The van der Waals surface area contributed by atoms with Crippen LogP contribution in [0.1, 0.15) is 12.8 Å². The van der Waals surface area contributed by atoms with Gasteiger partial charge in [-0.15, -0.1) is 0 Å². The molecule has 1 heterocycles. The Balaban J connectivity index is 2.87. The summed E-state index contributed by atoms with van der Waals surface area (Å²) in [5, 5.41) is 0. The Morgan fingerprint density at radius 3 is 1.86 bits per heavy atom. The van der Waals surface area contributed by atoms with Gasteiger partial charge in [0.2, 0.25) is 0 Å². The van der Waals surface area contributed by atoms with E-state index < -0.39 is 17.4 Å². The van der Waals surface area contributed by atoms with Crippen LogP contribution in [0.4, 0.5) is 0 Å². The zero-order valence-electron chi connectivity index (χ0n) is 8.37. The van der Waals surface area contributed by atoms with E-state index in [1.54, 1.807) is 11.8 Å². The highest BCUT2D eigenvalue weighted by Gasteiger charge is 2.48. The van der Waals surface area contributed by atoms with Crippen molar-refractivity contribution in [3.05, 3.63) is 0 Å². The normalized spacial score (nSPS) is 19.9. The van der Waals surface area contributed by atoms with E-state index in [1.807, 2.05) is 0 Å². The standard InChI is InChI=1S/C9H14O4S/c1-12-7(10)9(8(11)13-2)3-5-14-6-4-9/h3-6H2,1-2H3. The summed E-state index contributed by atoms with van der Waals surface area (Å²) >= 11 is 1.74. The van der Waals surface area contributed by atoms with Crippen molar-refractivity contribution in [3.63, 3.8) is 0 Å².